The number of benzene rings is 2. The third kappa shape index (κ3) is 10.2. The van der Waals surface area contributed by atoms with E-state index in [1.54, 1.807) is 24.3 Å². The van der Waals surface area contributed by atoms with Gasteiger partial charge in [-0.25, -0.2) is 4.79 Å². The lowest BCUT2D eigenvalue weighted by molar-refractivity contribution is -0.311. The monoisotopic (exact) mass is 550 g/mol. The summed E-state index contributed by atoms with van der Waals surface area (Å²) < 4.78 is 62.9. The van der Waals surface area contributed by atoms with Crippen molar-refractivity contribution >= 4 is 5.97 Å². The zero-order valence-electron chi connectivity index (χ0n) is 23.0. The van der Waals surface area contributed by atoms with Crippen LogP contribution in [0.15, 0.2) is 48.5 Å². The zero-order chi connectivity index (χ0) is 28.1. The number of esters is 1. The molecule has 0 N–H and O–H groups in total. The van der Waals surface area contributed by atoms with Crippen LogP contribution in [0.2, 0.25) is 0 Å². The van der Waals surface area contributed by atoms with Crippen molar-refractivity contribution < 1.29 is 36.9 Å². The normalized spacial score (nSPS) is 19.6. The first-order valence-corrected chi connectivity index (χ1v) is 14.2. The summed E-state index contributed by atoms with van der Waals surface area (Å²) in [5.41, 5.74) is 1.99. The molecule has 0 unspecified atom stereocenters. The Morgan fingerprint density at radius 2 is 1.41 bits per heavy atom. The van der Waals surface area contributed by atoms with Gasteiger partial charge in [-0.15, -0.1) is 0 Å². The minimum atomic E-state index is -4.68. The average molecular weight is 551 g/mol. The molecule has 8 heteroatoms. The van der Waals surface area contributed by atoms with Crippen molar-refractivity contribution in [3.8, 4) is 16.9 Å². The number of rotatable bonds is 15. The first-order valence-electron chi connectivity index (χ1n) is 14.2. The van der Waals surface area contributed by atoms with Crippen LogP contribution in [0.4, 0.5) is 13.2 Å². The standard InChI is InChI=1S/C31H41F3O5/c1-3-5-7-9-21-36-26-17-15-24(16-18-26)23-11-13-25(14-12-23)30(35)38-27-19-20-28(37-22-10-8-6-4-2)39-29(27)31(32,33)34/h11-18,27-29H,3-10,19-22H2,1-2H3/t27-,28-,29-/m0/s1. The first kappa shape index (κ1) is 31.0. The molecule has 0 amide bonds. The molecule has 0 saturated carbocycles. The molecular weight excluding hydrogens is 509 g/mol. The van der Waals surface area contributed by atoms with E-state index in [1.165, 1.54) is 12.8 Å². The Bertz CT molecular complexity index is 975. The predicted octanol–water partition coefficient (Wildman–Crippen LogP) is 8.50. The van der Waals surface area contributed by atoms with Gasteiger partial charge in [-0.3, -0.25) is 0 Å². The fourth-order valence-electron chi connectivity index (χ4n) is 4.51. The van der Waals surface area contributed by atoms with E-state index in [9.17, 15) is 18.0 Å². The number of ether oxygens (including phenoxy) is 4. The molecule has 1 aliphatic rings. The SMILES string of the molecule is CCCCCCOc1ccc(-c2ccc(C(=O)O[C@H]3CC[C@@H](OCCCCCC)O[C@@H]3C(F)(F)F)cc2)cc1. The van der Waals surface area contributed by atoms with Gasteiger partial charge in [-0.2, -0.15) is 13.2 Å². The van der Waals surface area contributed by atoms with Gasteiger partial charge in [-0.05, 0) is 54.7 Å². The van der Waals surface area contributed by atoms with E-state index < -0.39 is 30.6 Å². The van der Waals surface area contributed by atoms with E-state index in [-0.39, 0.29) is 18.4 Å². The maximum Gasteiger partial charge on any atom is 0.418 e. The lowest BCUT2D eigenvalue weighted by Gasteiger charge is -2.36. The summed E-state index contributed by atoms with van der Waals surface area (Å²) in [6.07, 6.45) is -0.603. The van der Waals surface area contributed by atoms with Crippen molar-refractivity contribution in [1.82, 2.24) is 0 Å². The van der Waals surface area contributed by atoms with Gasteiger partial charge in [0.15, 0.2) is 12.4 Å². The fourth-order valence-corrected chi connectivity index (χ4v) is 4.51. The number of hydrogen-bond donors (Lipinski definition) is 0. The fraction of sp³-hybridized carbons (Fsp3) is 0.581. The highest BCUT2D eigenvalue weighted by Gasteiger charge is 2.51. The Kier molecular flexibility index (Phi) is 12.6. The molecule has 5 nitrogen and oxygen atoms in total. The van der Waals surface area contributed by atoms with Crippen molar-refractivity contribution in [2.75, 3.05) is 13.2 Å². The summed E-state index contributed by atoms with van der Waals surface area (Å²) in [5.74, 6) is -0.0105. The maximum absolute atomic E-state index is 13.7. The number of hydrogen-bond acceptors (Lipinski definition) is 5. The second-order valence-corrected chi connectivity index (χ2v) is 9.99. The summed E-state index contributed by atoms with van der Waals surface area (Å²) >= 11 is 0. The van der Waals surface area contributed by atoms with Crippen LogP contribution in [0.3, 0.4) is 0 Å². The predicted molar refractivity (Wildman–Crippen MR) is 145 cm³/mol. The van der Waals surface area contributed by atoms with Crippen molar-refractivity contribution in [2.24, 2.45) is 0 Å². The van der Waals surface area contributed by atoms with Crippen LogP contribution in [-0.4, -0.2) is 43.9 Å². The van der Waals surface area contributed by atoms with Gasteiger partial charge in [0, 0.05) is 13.0 Å². The second-order valence-electron chi connectivity index (χ2n) is 9.99. The van der Waals surface area contributed by atoms with Gasteiger partial charge in [0.05, 0.1) is 12.2 Å². The highest BCUT2D eigenvalue weighted by molar-refractivity contribution is 5.90. The van der Waals surface area contributed by atoms with Crippen LogP contribution in [0.5, 0.6) is 5.75 Å². The van der Waals surface area contributed by atoms with E-state index in [1.807, 2.05) is 24.3 Å². The Morgan fingerprint density at radius 3 is 2.00 bits per heavy atom. The molecule has 216 valence electrons. The first-order chi connectivity index (χ1) is 18.8. The molecule has 0 aliphatic carbocycles. The summed E-state index contributed by atoms with van der Waals surface area (Å²) in [6.45, 7) is 5.29. The van der Waals surface area contributed by atoms with Crippen molar-refractivity contribution in [3.05, 3.63) is 54.1 Å². The Morgan fingerprint density at radius 1 is 0.821 bits per heavy atom. The van der Waals surface area contributed by atoms with E-state index in [2.05, 4.69) is 13.8 Å². The number of unbranched alkanes of at least 4 members (excludes halogenated alkanes) is 6. The molecule has 3 rings (SSSR count). The molecular formula is C31H41F3O5. The smallest absolute Gasteiger partial charge is 0.418 e. The highest BCUT2D eigenvalue weighted by atomic mass is 19.4. The van der Waals surface area contributed by atoms with Crippen molar-refractivity contribution in [2.45, 2.75) is 103 Å². The average Bonchev–Trinajstić information content (AvgIpc) is 2.93. The van der Waals surface area contributed by atoms with Crippen molar-refractivity contribution in [1.29, 1.82) is 0 Å². The minimum absolute atomic E-state index is 0.0145. The van der Waals surface area contributed by atoms with Crippen LogP contribution in [-0.2, 0) is 14.2 Å². The highest BCUT2D eigenvalue weighted by Crippen LogP contribution is 2.35. The largest absolute Gasteiger partial charge is 0.494 e. The lowest BCUT2D eigenvalue weighted by atomic mass is 10.0. The topological polar surface area (TPSA) is 54.0 Å². The van der Waals surface area contributed by atoms with Crippen LogP contribution >= 0.6 is 0 Å². The van der Waals surface area contributed by atoms with Crippen LogP contribution in [0, 0.1) is 0 Å². The summed E-state index contributed by atoms with van der Waals surface area (Å²) in [4.78, 5) is 12.7. The van der Waals surface area contributed by atoms with E-state index in [0.29, 0.717) is 13.2 Å². The number of carbonyl (C=O) groups is 1. The lowest BCUT2D eigenvalue weighted by Crippen LogP contribution is -2.50. The van der Waals surface area contributed by atoms with Crippen LogP contribution in [0.1, 0.15) is 88.4 Å². The van der Waals surface area contributed by atoms with Crippen LogP contribution in [0.25, 0.3) is 11.1 Å². The number of alkyl halides is 3. The molecule has 1 saturated heterocycles. The van der Waals surface area contributed by atoms with Gasteiger partial charge >= 0.3 is 12.1 Å². The Hall–Kier alpha value is -2.58. The summed E-state index contributed by atoms with van der Waals surface area (Å²) in [5, 5.41) is 0. The van der Waals surface area contributed by atoms with Gasteiger partial charge in [-0.1, -0.05) is 76.6 Å². The third-order valence-electron chi connectivity index (χ3n) is 6.78. The molecule has 0 radical (unpaired) electrons. The zero-order valence-corrected chi connectivity index (χ0v) is 23.0. The molecule has 0 spiro atoms. The van der Waals surface area contributed by atoms with Gasteiger partial charge in [0.1, 0.15) is 11.9 Å². The summed E-state index contributed by atoms with van der Waals surface area (Å²) in [6, 6.07) is 14.3. The molecule has 39 heavy (non-hydrogen) atoms. The number of halogens is 3. The molecule has 2 aromatic carbocycles. The second kappa shape index (κ2) is 15.9. The van der Waals surface area contributed by atoms with Crippen LogP contribution < -0.4 is 4.74 Å². The van der Waals surface area contributed by atoms with E-state index in [0.717, 1.165) is 55.4 Å². The van der Waals surface area contributed by atoms with Gasteiger partial charge in [0.2, 0.25) is 0 Å². The van der Waals surface area contributed by atoms with Crippen molar-refractivity contribution in [3.63, 3.8) is 0 Å². The summed E-state index contributed by atoms with van der Waals surface area (Å²) in [7, 11) is 0. The molecule has 0 bridgehead atoms. The van der Waals surface area contributed by atoms with Gasteiger partial charge < -0.3 is 18.9 Å². The third-order valence-corrected chi connectivity index (χ3v) is 6.78. The van der Waals surface area contributed by atoms with E-state index >= 15 is 0 Å². The van der Waals surface area contributed by atoms with E-state index in [4.69, 9.17) is 18.9 Å². The molecule has 3 atom stereocenters. The molecule has 1 fully saturated rings. The Labute approximate surface area is 230 Å². The Balaban J connectivity index is 1.52. The maximum atomic E-state index is 13.7. The quantitative estimate of drug-likeness (QED) is 0.164. The molecule has 2 aromatic rings. The van der Waals surface area contributed by atoms with Gasteiger partial charge in [0.25, 0.3) is 0 Å². The molecule has 1 heterocycles. The molecule has 1 aliphatic heterocycles. The minimum Gasteiger partial charge on any atom is -0.494 e. The number of carbonyl (C=O) groups excluding carboxylic acids is 1. The molecule has 0 aromatic heterocycles.